The summed E-state index contributed by atoms with van der Waals surface area (Å²) in [7, 11) is 0. The van der Waals surface area contributed by atoms with Crippen molar-refractivity contribution in [1.82, 2.24) is 44.6 Å². The summed E-state index contributed by atoms with van der Waals surface area (Å²) in [4.78, 5) is 62.1. The zero-order valence-corrected chi connectivity index (χ0v) is 36.7. The Labute approximate surface area is 375 Å². The van der Waals surface area contributed by atoms with Gasteiger partial charge < -0.3 is 24.7 Å². The van der Waals surface area contributed by atoms with Crippen molar-refractivity contribution in [2.45, 2.75) is 82.0 Å². The number of piperazine rings is 1. The number of rotatable bonds is 11. The number of fused-ring (bicyclic) bond motifs is 3. The van der Waals surface area contributed by atoms with Crippen LogP contribution in [0.5, 0.6) is 0 Å². The molecule has 0 saturated carbocycles. The average Bonchev–Trinajstić information content (AvgIpc) is 3.97. The molecule has 4 saturated heterocycles. The lowest BCUT2D eigenvalue weighted by Crippen LogP contribution is -2.62. The number of carbonyl (C=O) groups excluding carboxylic acids is 2. The van der Waals surface area contributed by atoms with E-state index in [4.69, 9.17) is 14.5 Å². The molecule has 8 heterocycles. The molecule has 65 heavy (non-hydrogen) atoms. The predicted molar refractivity (Wildman–Crippen MR) is 247 cm³/mol. The summed E-state index contributed by atoms with van der Waals surface area (Å²) in [6.07, 6.45) is 8.30. The Morgan fingerprint density at radius 3 is 2.40 bits per heavy atom. The number of benzene rings is 2. The smallest absolute Gasteiger partial charge is 0.278 e. The molecule has 4 fully saturated rings. The fourth-order valence-corrected chi connectivity index (χ4v) is 10.7. The number of piperidine rings is 2. The molecule has 0 spiro atoms. The molecule has 0 radical (unpaired) electrons. The number of aromatic nitrogens is 6. The first-order valence-electron chi connectivity index (χ1n) is 23.1. The number of aryl methyl sites for hydroxylation is 1. The number of aliphatic hydroxyl groups is 1. The van der Waals surface area contributed by atoms with Crippen molar-refractivity contribution in [2.75, 3.05) is 67.5 Å². The molecular weight excluding hydrogens is 825 g/mol. The Balaban J connectivity index is 0.674. The summed E-state index contributed by atoms with van der Waals surface area (Å²) in [6.45, 7) is 14.3. The van der Waals surface area contributed by atoms with Gasteiger partial charge in [0.15, 0.2) is 17.0 Å². The standard InChI is InChI=1S/C48H54N12O5/c1-3-19-59-46(63)38-27-49-47(53-44(38)60(59)40-13-5-30-15-18-48(64,4-2)43(30)51-40)50-31-6-8-32(9-7-31)56-22-24-57(25-23-56)33-16-20-55(21-17-33)35-28-58(29-35)34-10-11-36-39(26-34)65-54-42(36)37-12-14-41(61)52-45(37)62/h3,5-11,13,26-27,33,35,37,64H,1,4,12,14-25,28-29H2,2H3,(H,49,50,53)(H,52,61,62)/t37?,48-/m1/s1. The van der Waals surface area contributed by atoms with Crippen molar-refractivity contribution >= 4 is 56.8 Å². The highest BCUT2D eigenvalue weighted by Gasteiger charge is 2.39. The fourth-order valence-electron chi connectivity index (χ4n) is 10.7. The molecule has 1 aliphatic carbocycles. The van der Waals surface area contributed by atoms with Gasteiger partial charge in [-0.2, -0.15) is 4.98 Å². The maximum absolute atomic E-state index is 13.6. The van der Waals surface area contributed by atoms with Crippen LogP contribution in [-0.4, -0.2) is 121 Å². The number of pyridine rings is 1. The molecule has 17 nitrogen and oxygen atoms in total. The lowest BCUT2D eigenvalue weighted by Gasteiger charge is -2.50. The number of amides is 2. The van der Waals surface area contributed by atoms with Gasteiger partial charge in [0.1, 0.15) is 16.7 Å². The van der Waals surface area contributed by atoms with Crippen LogP contribution in [-0.2, 0) is 28.2 Å². The minimum absolute atomic E-state index is 0.235. The summed E-state index contributed by atoms with van der Waals surface area (Å²) >= 11 is 0. The third-order valence-electron chi connectivity index (χ3n) is 14.6. The van der Waals surface area contributed by atoms with Crippen molar-refractivity contribution in [3.63, 3.8) is 0 Å². The van der Waals surface area contributed by atoms with Gasteiger partial charge in [-0.05, 0) is 86.6 Å². The van der Waals surface area contributed by atoms with Gasteiger partial charge in [-0.1, -0.05) is 24.2 Å². The number of likely N-dealkylation sites (tertiary alicyclic amines) is 1. The molecular formula is C48H54N12O5. The molecule has 4 aromatic heterocycles. The maximum Gasteiger partial charge on any atom is 0.278 e. The highest BCUT2D eigenvalue weighted by Crippen LogP contribution is 2.39. The number of hydrogen-bond donors (Lipinski definition) is 3. The molecule has 17 heteroatoms. The Bertz CT molecular complexity index is 2870. The number of hydrogen-bond acceptors (Lipinski definition) is 14. The largest absolute Gasteiger partial charge is 0.384 e. The molecule has 0 bridgehead atoms. The Morgan fingerprint density at radius 1 is 0.877 bits per heavy atom. The molecule has 336 valence electrons. The van der Waals surface area contributed by atoms with Gasteiger partial charge in [0.2, 0.25) is 17.8 Å². The van der Waals surface area contributed by atoms with Crippen LogP contribution in [0.4, 0.5) is 23.0 Å². The van der Waals surface area contributed by atoms with Gasteiger partial charge in [-0.3, -0.25) is 29.5 Å². The zero-order valence-electron chi connectivity index (χ0n) is 36.7. The van der Waals surface area contributed by atoms with Crippen molar-refractivity contribution in [1.29, 1.82) is 0 Å². The van der Waals surface area contributed by atoms with Gasteiger partial charge in [0.25, 0.3) is 5.56 Å². The first-order valence-corrected chi connectivity index (χ1v) is 23.1. The van der Waals surface area contributed by atoms with E-state index >= 15 is 0 Å². The van der Waals surface area contributed by atoms with Crippen LogP contribution in [0.15, 0.2) is 82.8 Å². The normalized spacial score (nSPS) is 22.4. The number of allylic oxidation sites excluding steroid dienone is 1. The second-order valence-corrected chi connectivity index (χ2v) is 18.3. The quantitative estimate of drug-likeness (QED) is 0.121. The topological polar surface area (TPSA) is 183 Å². The van der Waals surface area contributed by atoms with Gasteiger partial charge >= 0.3 is 0 Å². The molecule has 2 aromatic carbocycles. The second-order valence-electron chi connectivity index (χ2n) is 18.3. The van der Waals surface area contributed by atoms with Crippen LogP contribution >= 0.6 is 0 Å². The average molecular weight is 879 g/mol. The highest BCUT2D eigenvalue weighted by molar-refractivity contribution is 6.02. The third-order valence-corrected chi connectivity index (χ3v) is 14.6. The minimum Gasteiger partial charge on any atom is -0.384 e. The summed E-state index contributed by atoms with van der Waals surface area (Å²) in [5, 5.41) is 22.5. The Hall–Kier alpha value is -6.43. The minimum atomic E-state index is -0.991. The van der Waals surface area contributed by atoms with Crippen LogP contribution in [0.2, 0.25) is 0 Å². The van der Waals surface area contributed by atoms with Crippen molar-refractivity contribution in [3.8, 4) is 5.82 Å². The lowest BCUT2D eigenvalue weighted by molar-refractivity contribution is -0.134. The number of imide groups is 1. The van der Waals surface area contributed by atoms with Crippen molar-refractivity contribution in [3.05, 3.63) is 101 Å². The van der Waals surface area contributed by atoms with E-state index in [-0.39, 0.29) is 23.9 Å². The Morgan fingerprint density at radius 2 is 1.65 bits per heavy atom. The summed E-state index contributed by atoms with van der Waals surface area (Å²) < 4.78 is 8.94. The van der Waals surface area contributed by atoms with Gasteiger partial charge in [-0.15, -0.1) is 6.58 Å². The zero-order chi connectivity index (χ0) is 44.4. The van der Waals surface area contributed by atoms with Gasteiger partial charge in [0, 0.05) is 106 Å². The van der Waals surface area contributed by atoms with Crippen LogP contribution in [0.3, 0.4) is 0 Å². The van der Waals surface area contributed by atoms with E-state index in [0.29, 0.717) is 77.5 Å². The summed E-state index contributed by atoms with van der Waals surface area (Å²) in [5.74, 6) is -0.128. The molecule has 2 atom stereocenters. The van der Waals surface area contributed by atoms with E-state index in [9.17, 15) is 19.5 Å². The Kier molecular flexibility index (Phi) is 10.5. The van der Waals surface area contributed by atoms with Crippen LogP contribution in [0.25, 0.3) is 27.8 Å². The molecule has 6 aromatic rings. The predicted octanol–water partition coefficient (Wildman–Crippen LogP) is 4.59. The van der Waals surface area contributed by atoms with E-state index < -0.39 is 11.5 Å². The number of carbonyl (C=O) groups is 2. The molecule has 4 aliphatic heterocycles. The van der Waals surface area contributed by atoms with Gasteiger partial charge in [0.05, 0.1) is 18.2 Å². The second kappa shape index (κ2) is 16.5. The number of nitrogens with zero attached hydrogens (tertiary/aromatic N) is 10. The fraction of sp³-hybridized carbons (Fsp3) is 0.438. The first-order chi connectivity index (χ1) is 31.7. The van der Waals surface area contributed by atoms with E-state index in [2.05, 4.69) is 65.2 Å². The summed E-state index contributed by atoms with van der Waals surface area (Å²) in [5.41, 5.74) is 5.29. The maximum atomic E-state index is 13.6. The van der Waals surface area contributed by atoms with Crippen LogP contribution in [0.1, 0.15) is 68.3 Å². The number of nitrogens with one attached hydrogen (secondary N) is 2. The van der Waals surface area contributed by atoms with Crippen LogP contribution < -0.4 is 26.0 Å². The molecule has 3 N–H and O–H groups in total. The number of anilines is 4. The summed E-state index contributed by atoms with van der Waals surface area (Å²) in [6, 6.07) is 19.5. The lowest BCUT2D eigenvalue weighted by atomic mass is 9.92. The molecule has 5 aliphatic rings. The first kappa shape index (κ1) is 41.3. The molecule has 11 rings (SSSR count). The van der Waals surface area contributed by atoms with Crippen molar-refractivity contribution < 1.29 is 19.2 Å². The van der Waals surface area contributed by atoms with Gasteiger partial charge in [-0.25, -0.2) is 19.3 Å². The monoisotopic (exact) mass is 878 g/mol. The van der Waals surface area contributed by atoms with E-state index in [1.54, 1.807) is 21.6 Å². The molecule has 2 amide bonds. The van der Waals surface area contributed by atoms with Crippen LogP contribution in [0, 0.1) is 0 Å². The SMILES string of the molecule is C=CCn1c(=O)c2cnc(Nc3ccc(N4CCN(C5CCN(C6CN(c7ccc8c(C9CCC(=O)NC9=O)noc8c7)C6)CC5)CC4)cc3)nc2n1-c1ccc2c(n1)[C@@](O)(CC)CC2. The highest BCUT2D eigenvalue weighted by atomic mass is 16.5. The van der Waals surface area contributed by atoms with Crippen molar-refractivity contribution in [2.24, 2.45) is 0 Å². The third kappa shape index (κ3) is 7.44. The van der Waals surface area contributed by atoms with E-state index in [1.165, 1.54) is 18.5 Å². The van der Waals surface area contributed by atoms with E-state index in [1.807, 2.05) is 43.3 Å². The molecule has 1 unspecified atom stereocenters. The van der Waals surface area contributed by atoms with E-state index in [0.717, 1.165) is 81.1 Å².